The van der Waals surface area contributed by atoms with Crippen LogP contribution in [0.3, 0.4) is 0 Å². The van der Waals surface area contributed by atoms with Crippen molar-refractivity contribution in [2.75, 3.05) is 12.4 Å². The van der Waals surface area contributed by atoms with Gasteiger partial charge < -0.3 is 4.74 Å². The molecule has 1 nitrogen and oxygen atoms in total. The molecule has 2 unspecified atom stereocenters. The van der Waals surface area contributed by atoms with Gasteiger partial charge in [0.2, 0.25) is 0 Å². The molecule has 1 heterocycles. The van der Waals surface area contributed by atoms with E-state index in [1.54, 1.807) is 11.8 Å². The van der Waals surface area contributed by atoms with E-state index in [-0.39, 0.29) is 0 Å². The molecule has 0 bridgehead atoms. The van der Waals surface area contributed by atoms with Crippen LogP contribution < -0.4 is 0 Å². The number of ether oxygens (including phenoxy) is 1. The molecular formula is C18H35OS+. The van der Waals surface area contributed by atoms with Crippen LogP contribution in [-0.2, 0) is 16.5 Å². The van der Waals surface area contributed by atoms with Crippen LogP contribution >= 0.6 is 0 Å². The summed E-state index contributed by atoms with van der Waals surface area (Å²) >= 11 is 1.60. The van der Waals surface area contributed by atoms with E-state index < -0.39 is 0 Å². The van der Waals surface area contributed by atoms with E-state index in [1.165, 1.54) is 76.4 Å². The molecule has 0 saturated carbocycles. The maximum atomic E-state index is 5.78. The van der Waals surface area contributed by atoms with Crippen LogP contribution in [0.4, 0.5) is 0 Å². The van der Waals surface area contributed by atoms with Crippen LogP contribution in [0.2, 0.25) is 0 Å². The van der Waals surface area contributed by atoms with E-state index in [0.717, 1.165) is 11.9 Å². The molecule has 0 spiro atoms. The van der Waals surface area contributed by atoms with Gasteiger partial charge in [-0.1, -0.05) is 32.8 Å². The number of hydrogen-bond acceptors (Lipinski definition) is 1. The number of rotatable bonds is 12. The van der Waals surface area contributed by atoms with Gasteiger partial charge in [-0.2, -0.15) is 0 Å². The van der Waals surface area contributed by atoms with E-state index in [0.29, 0.717) is 6.10 Å². The average molecular weight is 300 g/mol. The Hall–Kier alpha value is 0.0500. The highest BCUT2D eigenvalue weighted by atomic mass is 32.2. The van der Waals surface area contributed by atoms with Crippen molar-refractivity contribution < 1.29 is 4.74 Å². The Balaban J connectivity index is 1.93. The second kappa shape index (κ2) is 12.8. The van der Waals surface area contributed by atoms with E-state index >= 15 is 0 Å². The molecule has 2 atom stereocenters. The number of hydrogen-bond donors (Lipinski definition) is 0. The van der Waals surface area contributed by atoms with Gasteiger partial charge in [0.05, 0.1) is 6.10 Å². The predicted octanol–water partition coefficient (Wildman–Crippen LogP) is 5.07. The molecule has 1 fully saturated rings. The van der Waals surface area contributed by atoms with Gasteiger partial charge in [0.15, 0.2) is 0 Å². The van der Waals surface area contributed by atoms with Crippen molar-refractivity contribution in [1.82, 2.24) is 0 Å². The Bertz CT molecular complexity index is 223. The molecule has 0 radical (unpaired) electrons. The zero-order valence-corrected chi connectivity index (χ0v) is 14.4. The molecule has 1 saturated heterocycles. The minimum Gasteiger partial charge on any atom is -0.378 e. The van der Waals surface area contributed by atoms with Crippen LogP contribution in [0.15, 0.2) is 12.7 Å². The summed E-state index contributed by atoms with van der Waals surface area (Å²) in [5.74, 6) is 1.34. The topological polar surface area (TPSA) is 9.23 Å². The maximum Gasteiger partial charge on any atom is 0.133 e. The Kier molecular flexibility index (Phi) is 11.6. The minimum atomic E-state index is 0.574. The first-order valence-corrected chi connectivity index (χ1v) is 9.92. The highest BCUT2D eigenvalue weighted by molar-refractivity contribution is 7.79. The van der Waals surface area contributed by atoms with Gasteiger partial charge in [0.25, 0.3) is 0 Å². The van der Waals surface area contributed by atoms with Crippen molar-refractivity contribution in [3.63, 3.8) is 0 Å². The van der Waals surface area contributed by atoms with E-state index in [9.17, 15) is 0 Å². The first-order chi connectivity index (χ1) is 9.86. The molecule has 0 amide bonds. The average Bonchev–Trinajstić information content (AvgIpc) is 2.50. The molecule has 20 heavy (non-hydrogen) atoms. The Morgan fingerprint density at radius 3 is 2.80 bits per heavy atom. The van der Waals surface area contributed by atoms with E-state index in [2.05, 4.69) is 19.6 Å². The third-order valence-electron chi connectivity index (χ3n) is 4.20. The van der Waals surface area contributed by atoms with E-state index in [4.69, 9.17) is 4.74 Å². The van der Waals surface area contributed by atoms with Crippen LogP contribution in [0, 0.1) is 0 Å². The fourth-order valence-electron chi connectivity index (χ4n) is 2.84. The molecule has 1 rings (SSSR count). The van der Waals surface area contributed by atoms with Gasteiger partial charge >= 0.3 is 0 Å². The lowest BCUT2D eigenvalue weighted by Gasteiger charge is -2.22. The van der Waals surface area contributed by atoms with Crippen molar-refractivity contribution >= 4 is 11.8 Å². The number of thiol groups is 1. The smallest absolute Gasteiger partial charge is 0.133 e. The molecule has 0 aromatic rings. The first kappa shape index (κ1) is 18.1. The summed E-state index contributed by atoms with van der Waals surface area (Å²) in [4.78, 5) is 0. The molecule has 0 N–H and O–H groups in total. The van der Waals surface area contributed by atoms with Crippen molar-refractivity contribution in [2.24, 2.45) is 0 Å². The summed E-state index contributed by atoms with van der Waals surface area (Å²) < 4.78 is 5.78. The summed E-state index contributed by atoms with van der Waals surface area (Å²) in [5.41, 5.74) is 0. The third kappa shape index (κ3) is 9.07. The largest absolute Gasteiger partial charge is 0.378 e. The quantitative estimate of drug-likeness (QED) is 0.212. The Labute approximate surface area is 130 Å². The van der Waals surface area contributed by atoms with Gasteiger partial charge in [0, 0.05) is 6.61 Å². The second-order valence-electron chi connectivity index (χ2n) is 6.04. The summed E-state index contributed by atoms with van der Waals surface area (Å²) in [5, 5.41) is 0.734. The fourth-order valence-corrected chi connectivity index (χ4v) is 4.09. The van der Waals surface area contributed by atoms with Gasteiger partial charge in [-0.15, -0.1) is 0 Å². The van der Waals surface area contributed by atoms with Gasteiger partial charge in [-0.25, -0.2) is 0 Å². The lowest BCUT2D eigenvalue weighted by Crippen LogP contribution is -2.19. The van der Waals surface area contributed by atoms with Gasteiger partial charge in [0.1, 0.15) is 11.0 Å². The fraction of sp³-hybridized carbons (Fsp3) is 0.889. The highest BCUT2D eigenvalue weighted by Crippen LogP contribution is 2.18. The summed E-state index contributed by atoms with van der Waals surface area (Å²) in [7, 11) is 0. The Morgan fingerprint density at radius 1 is 1.20 bits per heavy atom. The highest BCUT2D eigenvalue weighted by Gasteiger charge is 2.15. The van der Waals surface area contributed by atoms with Crippen molar-refractivity contribution in [1.29, 1.82) is 0 Å². The molecule has 1 aliphatic heterocycles. The van der Waals surface area contributed by atoms with Crippen molar-refractivity contribution in [3.8, 4) is 0 Å². The van der Waals surface area contributed by atoms with Crippen molar-refractivity contribution in [2.45, 2.75) is 88.9 Å². The molecular weight excluding hydrogens is 264 g/mol. The lowest BCUT2D eigenvalue weighted by atomic mass is 10.0. The summed E-state index contributed by atoms with van der Waals surface area (Å²) in [6.07, 6.45) is 17.5. The summed E-state index contributed by atoms with van der Waals surface area (Å²) in [6, 6.07) is 0. The lowest BCUT2D eigenvalue weighted by molar-refractivity contribution is 0.0101. The molecule has 118 valence electrons. The number of unbranched alkanes of at least 4 members (excludes halogenated alkanes) is 4. The molecule has 0 aromatic carbocycles. The summed E-state index contributed by atoms with van der Waals surface area (Å²) in [6.45, 7) is 7.28. The van der Waals surface area contributed by atoms with Crippen LogP contribution in [0.1, 0.15) is 77.6 Å². The molecule has 1 aliphatic rings. The predicted molar refractivity (Wildman–Crippen MR) is 93.8 cm³/mol. The molecule has 0 aliphatic carbocycles. The molecule has 2 heteroatoms. The monoisotopic (exact) mass is 299 g/mol. The first-order valence-electron chi connectivity index (χ1n) is 8.77. The standard InChI is InChI=1S/C18H34OS/c1-3-5-6-7-14-18(4-2)20-16-11-9-13-17-12-8-10-15-19-17/h4,17-18H,2-3,5-16H2,1H3/p+1. The maximum absolute atomic E-state index is 5.78. The zero-order valence-electron chi connectivity index (χ0n) is 13.5. The van der Waals surface area contributed by atoms with Crippen LogP contribution in [0.5, 0.6) is 0 Å². The Morgan fingerprint density at radius 2 is 2.10 bits per heavy atom. The van der Waals surface area contributed by atoms with Crippen LogP contribution in [-0.4, -0.2) is 23.7 Å². The minimum absolute atomic E-state index is 0.574. The van der Waals surface area contributed by atoms with Crippen molar-refractivity contribution in [3.05, 3.63) is 12.7 Å². The zero-order chi connectivity index (χ0) is 14.5. The normalized spacial score (nSPS) is 20.8. The molecule has 0 aromatic heterocycles. The van der Waals surface area contributed by atoms with E-state index in [1.807, 2.05) is 0 Å². The van der Waals surface area contributed by atoms with Gasteiger partial charge in [-0.3, -0.25) is 0 Å². The van der Waals surface area contributed by atoms with Gasteiger partial charge in [-0.05, 0) is 69.2 Å². The second-order valence-corrected chi connectivity index (χ2v) is 7.52. The van der Waals surface area contributed by atoms with Crippen LogP contribution in [0.25, 0.3) is 0 Å². The SMILES string of the molecule is C=CC(CCCCCC)[SH+]CCCCC1CCCCO1. The third-order valence-corrected chi connectivity index (χ3v) is 5.71.